The molecule has 0 fully saturated rings. The van der Waals surface area contributed by atoms with Crippen LogP contribution in [0.5, 0.6) is 0 Å². The Labute approximate surface area is 105 Å². The Morgan fingerprint density at radius 1 is 1.28 bits per heavy atom. The fourth-order valence-corrected chi connectivity index (χ4v) is 2.39. The third-order valence-corrected chi connectivity index (χ3v) is 3.29. The smallest absolute Gasteiger partial charge is 0.125 e. The largest absolute Gasteiger partial charge is 0.392 e. The summed E-state index contributed by atoms with van der Waals surface area (Å²) in [5, 5.41) is 9.35. The first-order chi connectivity index (χ1) is 8.79. The quantitative estimate of drug-likeness (QED) is 0.881. The van der Waals surface area contributed by atoms with Gasteiger partial charge in [0, 0.05) is 24.0 Å². The number of hydrogen-bond acceptors (Lipinski definition) is 3. The SMILES string of the molecule is OCc1ccncc1N1CCc2ccc(F)cc21. The minimum absolute atomic E-state index is 0.0427. The summed E-state index contributed by atoms with van der Waals surface area (Å²) < 4.78 is 13.3. The predicted octanol–water partition coefficient (Wildman–Crippen LogP) is 2.41. The molecular formula is C14H13FN2O. The van der Waals surface area contributed by atoms with E-state index in [1.807, 2.05) is 11.0 Å². The lowest BCUT2D eigenvalue weighted by Gasteiger charge is -2.21. The number of pyridine rings is 1. The van der Waals surface area contributed by atoms with Crippen molar-refractivity contribution in [3.63, 3.8) is 0 Å². The topological polar surface area (TPSA) is 36.4 Å². The van der Waals surface area contributed by atoms with E-state index in [0.717, 1.165) is 35.5 Å². The molecule has 2 heterocycles. The average Bonchev–Trinajstić information content (AvgIpc) is 2.81. The number of benzene rings is 1. The highest BCUT2D eigenvalue weighted by Crippen LogP contribution is 2.36. The van der Waals surface area contributed by atoms with Crippen LogP contribution in [-0.2, 0) is 13.0 Å². The number of anilines is 2. The van der Waals surface area contributed by atoms with E-state index in [-0.39, 0.29) is 12.4 Å². The maximum atomic E-state index is 13.3. The van der Waals surface area contributed by atoms with E-state index in [1.54, 1.807) is 18.5 Å². The zero-order chi connectivity index (χ0) is 12.5. The molecule has 0 saturated carbocycles. The lowest BCUT2D eigenvalue weighted by atomic mass is 10.1. The molecule has 2 aromatic rings. The second-order valence-electron chi connectivity index (χ2n) is 4.34. The molecule has 0 aliphatic carbocycles. The molecular weight excluding hydrogens is 231 g/mol. The summed E-state index contributed by atoms with van der Waals surface area (Å²) in [6.45, 7) is 0.747. The van der Waals surface area contributed by atoms with E-state index in [4.69, 9.17) is 0 Å². The molecule has 1 aliphatic rings. The minimum Gasteiger partial charge on any atom is -0.392 e. The van der Waals surface area contributed by atoms with Gasteiger partial charge in [-0.2, -0.15) is 0 Å². The molecule has 0 radical (unpaired) electrons. The lowest BCUT2D eigenvalue weighted by molar-refractivity contribution is 0.282. The van der Waals surface area contributed by atoms with Crippen LogP contribution in [0.15, 0.2) is 36.7 Å². The molecule has 3 rings (SSSR count). The molecule has 92 valence electrons. The average molecular weight is 244 g/mol. The van der Waals surface area contributed by atoms with E-state index < -0.39 is 0 Å². The fraction of sp³-hybridized carbons (Fsp3) is 0.214. The Morgan fingerprint density at radius 3 is 3.00 bits per heavy atom. The second kappa shape index (κ2) is 4.38. The number of aliphatic hydroxyl groups excluding tert-OH is 1. The van der Waals surface area contributed by atoms with Crippen LogP contribution in [-0.4, -0.2) is 16.6 Å². The fourth-order valence-electron chi connectivity index (χ4n) is 2.39. The maximum absolute atomic E-state index is 13.3. The molecule has 0 saturated heterocycles. The van der Waals surface area contributed by atoms with Gasteiger partial charge in [-0.15, -0.1) is 0 Å². The summed E-state index contributed by atoms with van der Waals surface area (Å²) in [5.74, 6) is -0.241. The number of halogens is 1. The Bertz CT molecular complexity index is 586. The van der Waals surface area contributed by atoms with Gasteiger partial charge in [-0.05, 0) is 30.2 Å². The number of fused-ring (bicyclic) bond motifs is 1. The molecule has 1 N–H and O–H groups in total. The van der Waals surface area contributed by atoms with Crippen molar-refractivity contribution in [2.75, 3.05) is 11.4 Å². The van der Waals surface area contributed by atoms with Crippen molar-refractivity contribution in [3.8, 4) is 0 Å². The molecule has 0 atom stereocenters. The van der Waals surface area contributed by atoms with Gasteiger partial charge in [-0.3, -0.25) is 4.98 Å². The van der Waals surface area contributed by atoms with E-state index in [9.17, 15) is 9.50 Å². The summed E-state index contributed by atoms with van der Waals surface area (Å²) in [6, 6.07) is 6.63. The molecule has 0 amide bonds. The van der Waals surface area contributed by atoms with Crippen LogP contribution >= 0.6 is 0 Å². The standard InChI is InChI=1S/C14H13FN2O/c15-12-2-1-10-4-6-17(13(10)7-12)14-8-16-5-3-11(14)9-18/h1-3,5,7-8,18H,4,6,9H2. The first-order valence-electron chi connectivity index (χ1n) is 5.89. The number of aliphatic hydroxyl groups is 1. The molecule has 18 heavy (non-hydrogen) atoms. The van der Waals surface area contributed by atoms with Gasteiger partial charge in [0.1, 0.15) is 5.82 Å². The van der Waals surface area contributed by atoms with Crippen LogP contribution in [0.25, 0.3) is 0 Å². The second-order valence-corrected chi connectivity index (χ2v) is 4.34. The highest BCUT2D eigenvalue weighted by Gasteiger charge is 2.22. The molecule has 4 heteroatoms. The van der Waals surface area contributed by atoms with Crippen molar-refractivity contribution in [1.82, 2.24) is 4.98 Å². The Kier molecular flexibility index (Phi) is 2.72. The minimum atomic E-state index is -0.241. The number of hydrogen-bond donors (Lipinski definition) is 1. The number of nitrogens with zero attached hydrogens (tertiary/aromatic N) is 2. The van der Waals surface area contributed by atoms with Crippen LogP contribution in [0, 0.1) is 5.82 Å². The number of aromatic nitrogens is 1. The molecule has 0 unspecified atom stereocenters. The highest BCUT2D eigenvalue weighted by atomic mass is 19.1. The molecule has 3 nitrogen and oxygen atoms in total. The van der Waals surface area contributed by atoms with E-state index >= 15 is 0 Å². The normalized spacial score (nSPS) is 13.8. The molecule has 1 aromatic heterocycles. The molecule has 0 spiro atoms. The first kappa shape index (κ1) is 11.2. The van der Waals surface area contributed by atoms with E-state index in [0.29, 0.717) is 0 Å². The molecule has 1 aliphatic heterocycles. The monoisotopic (exact) mass is 244 g/mol. The van der Waals surface area contributed by atoms with Gasteiger partial charge >= 0.3 is 0 Å². The van der Waals surface area contributed by atoms with Gasteiger partial charge in [-0.1, -0.05) is 6.07 Å². The van der Waals surface area contributed by atoms with Crippen molar-refractivity contribution < 1.29 is 9.50 Å². The summed E-state index contributed by atoms with van der Waals surface area (Å²) in [7, 11) is 0. The van der Waals surface area contributed by atoms with Crippen LogP contribution in [0.2, 0.25) is 0 Å². The van der Waals surface area contributed by atoms with Gasteiger partial charge in [0.25, 0.3) is 0 Å². The van der Waals surface area contributed by atoms with E-state index in [1.165, 1.54) is 12.1 Å². The number of rotatable bonds is 2. The van der Waals surface area contributed by atoms with Crippen LogP contribution in [0.4, 0.5) is 15.8 Å². The van der Waals surface area contributed by atoms with Crippen molar-refractivity contribution in [3.05, 3.63) is 53.6 Å². The van der Waals surface area contributed by atoms with E-state index in [2.05, 4.69) is 4.98 Å². The zero-order valence-electron chi connectivity index (χ0n) is 9.81. The third-order valence-electron chi connectivity index (χ3n) is 3.29. The maximum Gasteiger partial charge on any atom is 0.125 e. The van der Waals surface area contributed by atoms with Gasteiger partial charge < -0.3 is 10.0 Å². The van der Waals surface area contributed by atoms with Crippen molar-refractivity contribution in [2.24, 2.45) is 0 Å². The Hall–Kier alpha value is -1.94. The van der Waals surface area contributed by atoms with Crippen LogP contribution in [0.3, 0.4) is 0 Å². The molecule has 0 bridgehead atoms. The third kappa shape index (κ3) is 1.75. The Morgan fingerprint density at radius 2 is 2.17 bits per heavy atom. The van der Waals surface area contributed by atoms with Gasteiger partial charge in [0.15, 0.2) is 0 Å². The summed E-state index contributed by atoms with van der Waals surface area (Å²) in [5.41, 5.74) is 3.66. The summed E-state index contributed by atoms with van der Waals surface area (Å²) >= 11 is 0. The predicted molar refractivity (Wildman–Crippen MR) is 67.3 cm³/mol. The van der Waals surface area contributed by atoms with Crippen molar-refractivity contribution in [1.29, 1.82) is 0 Å². The van der Waals surface area contributed by atoms with Gasteiger partial charge in [0.05, 0.1) is 18.5 Å². The lowest BCUT2D eigenvalue weighted by Crippen LogP contribution is -2.15. The summed E-state index contributed by atoms with van der Waals surface area (Å²) in [4.78, 5) is 6.10. The van der Waals surface area contributed by atoms with Gasteiger partial charge in [-0.25, -0.2) is 4.39 Å². The highest BCUT2D eigenvalue weighted by molar-refractivity contribution is 5.71. The van der Waals surface area contributed by atoms with Gasteiger partial charge in [0.2, 0.25) is 0 Å². The Balaban J connectivity index is 2.08. The molecule has 1 aromatic carbocycles. The van der Waals surface area contributed by atoms with Crippen molar-refractivity contribution >= 4 is 11.4 Å². The van der Waals surface area contributed by atoms with Crippen molar-refractivity contribution in [2.45, 2.75) is 13.0 Å². The zero-order valence-corrected chi connectivity index (χ0v) is 9.81. The van der Waals surface area contributed by atoms with Crippen LogP contribution in [0.1, 0.15) is 11.1 Å². The summed E-state index contributed by atoms with van der Waals surface area (Å²) in [6.07, 6.45) is 4.25. The van der Waals surface area contributed by atoms with Crippen LogP contribution < -0.4 is 4.90 Å². The first-order valence-corrected chi connectivity index (χ1v) is 5.89.